The van der Waals surface area contributed by atoms with Gasteiger partial charge in [0.2, 0.25) is 5.91 Å². The van der Waals surface area contributed by atoms with Gasteiger partial charge in [-0.3, -0.25) is 9.69 Å². The Bertz CT molecular complexity index is 420. The summed E-state index contributed by atoms with van der Waals surface area (Å²) in [5.41, 5.74) is 0.320. The van der Waals surface area contributed by atoms with Gasteiger partial charge in [-0.25, -0.2) is 0 Å². The fourth-order valence-electron chi connectivity index (χ4n) is 4.31. The third-order valence-corrected chi connectivity index (χ3v) is 5.52. The summed E-state index contributed by atoms with van der Waals surface area (Å²) in [5.74, 6) is 0.729. The Labute approximate surface area is 143 Å². The van der Waals surface area contributed by atoms with Gasteiger partial charge >= 0.3 is 6.18 Å². The van der Waals surface area contributed by atoms with Crippen molar-refractivity contribution in [3.8, 4) is 0 Å². The van der Waals surface area contributed by atoms with Gasteiger partial charge in [0.1, 0.15) is 0 Å². The van der Waals surface area contributed by atoms with Gasteiger partial charge in [-0.05, 0) is 56.5 Å². The van der Waals surface area contributed by atoms with Gasteiger partial charge in [-0.2, -0.15) is 13.2 Å². The smallest absolute Gasteiger partial charge is 0.342 e. The number of alkyl halides is 3. The Morgan fingerprint density at radius 1 is 1.12 bits per heavy atom. The zero-order valence-corrected chi connectivity index (χ0v) is 15.2. The van der Waals surface area contributed by atoms with Gasteiger partial charge in [-0.15, -0.1) is 0 Å². The molecule has 0 spiro atoms. The van der Waals surface area contributed by atoms with Crippen LogP contribution in [-0.4, -0.2) is 54.6 Å². The maximum Gasteiger partial charge on any atom is 0.401 e. The van der Waals surface area contributed by atoms with Crippen LogP contribution in [0.15, 0.2) is 0 Å². The average molecular weight is 348 g/mol. The van der Waals surface area contributed by atoms with Crippen LogP contribution in [0.1, 0.15) is 52.9 Å². The number of amides is 1. The van der Waals surface area contributed by atoms with E-state index in [0.29, 0.717) is 37.3 Å². The molecule has 0 bridgehead atoms. The topological polar surface area (TPSA) is 23.6 Å². The molecule has 2 rings (SSSR count). The molecule has 2 aliphatic heterocycles. The van der Waals surface area contributed by atoms with E-state index in [-0.39, 0.29) is 11.8 Å². The minimum atomic E-state index is -4.15. The first-order valence-corrected chi connectivity index (χ1v) is 9.16. The molecule has 2 heterocycles. The van der Waals surface area contributed by atoms with Crippen LogP contribution in [0.2, 0.25) is 0 Å². The van der Waals surface area contributed by atoms with Gasteiger partial charge in [-0.1, -0.05) is 20.8 Å². The molecule has 0 unspecified atom stereocenters. The summed E-state index contributed by atoms with van der Waals surface area (Å²) in [5, 5.41) is 0. The molecule has 0 atom stereocenters. The Balaban J connectivity index is 1.78. The van der Waals surface area contributed by atoms with E-state index in [1.54, 1.807) is 0 Å². The highest BCUT2D eigenvalue weighted by Crippen LogP contribution is 2.37. The molecular formula is C18H31F3N2O. The molecule has 3 nitrogen and oxygen atoms in total. The van der Waals surface area contributed by atoms with E-state index in [9.17, 15) is 18.0 Å². The Hall–Kier alpha value is -0.780. The molecule has 2 aliphatic rings. The summed E-state index contributed by atoms with van der Waals surface area (Å²) >= 11 is 0. The maximum atomic E-state index is 12.7. The lowest BCUT2D eigenvalue weighted by atomic mass is 9.74. The highest BCUT2D eigenvalue weighted by atomic mass is 19.4. The largest absolute Gasteiger partial charge is 0.401 e. The van der Waals surface area contributed by atoms with Crippen molar-refractivity contribution < 1.29 is 18.0 Å². The van der Waals surface area contributed by atoms with Crippen LogP contribution < -0.4 is 0 Å². The predicted octanol–water partition coefficient (Wildman–Crippen LogP) is 3.94. The van der Waals surface area contributed by atoms with E-state index in [1.807, 2.05) is 4.90 Å². The van der Waals surface area contributed by atoms with Crippen LogP contribution in [0.3, 0.4) is 0 Å². The zero-order chi connectivity index (χ0) is 18.0. The number of likely N-dealkylation sites (tertiary alicyclic amines) is 2. The zero-order valence-electron chi connectivity index (χ0n) is 15.2. The minimum Gasteiger partial charge on any atom is -0.342 e. The number of hydrogen-bond acceptors (Lipinski definition) is 2. The summed E-state index contributed by atoms with van der Waals surface area (Å²) in [7, 11) is 0. The molecule has 0 N–H and O–H groups in total. The average Bonchev–Trinajstić information content (AvgIpc) is 2.45. The van der Waals surface area contributed by atoms with E-state index in [1.165, 1.54) is 11.3 Å². The van der Waals surface area contributed by atoms with E-state index in [2.05, 4.69) is 20.8 Å². The van der Waals surface area contributed by atoms with Gasteiger partial charge in [0, 0.05) is 19.0 Å². The number of carbonyl (C=O) groups excluding carboxylic acids is 1. The van der Waals surface area contributed by atoms with Crippen molar-refractivity contribution >= 4 is 5.91 Å². The summed E-state index contributed by atoms with van der Waals surface area (Å²) in [6.45, 7) is 8.25. The van der Waals surface area contributed by atoms with Crippen LogP contribution in [0.5, 0.6) is 0 Å². The monoisotopic (exact) mass is 348 g/mol. The Morgan fingerprint density at radius 2 is 1.67 bits per heavy atom. The number of hydrogen-bond donors (Lipinski definition) is 0. The fourth-order valence-corrected chi connectivity index (χ4v) is 4.31. The minimum absolute atomic E-state index is 0.0936. The molecule has 0 aliphatic carbocycles. The first kappa shape index (κ1) is 19.5. The van der Waals surface area contributed by atoms with Crippen LogP contribution in [0.25, 0.3) is 0 Å². The van der Waals surface area contributed by atoms with Crippen molar-refractivity contribution in [1.82, 2.24) is 9.80 Å². The lowest BCUT2D eigenvalue weighted by Crippen LogP contribution is -2.48. The molecule has 140 valence electrons. The third kappa shape index (κ3) is 5.64. The normalized spacial score (nSPS) is 23.7. The molecule has 0 aromatic heterocycles. The van der Waals surface area contributed by atoms with E-state index < -0.39 is 12.7 Å². The predicted molar refractivity (Wildman–Crippen MR) is 88.6 cm³/mol. The van der Waals surface area contributed by atoms with Crippen LogP contribution in [-0.2, 0) is 4.79 Å². The lowest BCUT2D eigenvalue weighted by Gasteiger charge is -2.42. The molecule has 1 amide bonds. The standard InChI is InChI=1S/C18H31F3N2O/c1-14(2)12-17(3)6-10-23(11-7-17)16(24)15-4-8-22(9-5-15)13-18(19,20)21/h14-15H,4-13H2,1-3H3. The van der Waals surface area contributed by atoms with Gasteiger partial charge in [0.25, 0.3) is 0 Å². The van der Waals surface area contributed by atoms with Crippen molar-refractivity contribution in [1.29, 1.82) is 0 Å². The Morgan fingerprint density at radius 3 is 2.12 bits per heavy atom. The number of nitrogens with zero attached hydrogens (tertiary/aromatic N) is 2. The molecule has 0 saturated carbocycles. The van der Waals surface area contributed by atoms with Crippen molar-refractivity contribution in [2.24, 2.45) is 17.3 Å². The summed E-state index contributed by atoms with van der Waals surface area (Å²) in [6, 6.07) is 0. The molecular weight excluding hydrogens is 317 g/mol. The number of rotatable bonds is 4. The second kappa shape index (κ2) is 7.63. The van der Waals surface area contributed by atoms with Crippen molar-refractivity contribution in [3.63, 3.8) is 0 Å². The lowest BCUT2D eigenvalue weighted by molar-refractivity contribution is -0.151. The van der Waals surface area contributed by atoms with Gasteiger partial charge < -0.3 is 4.90 Å². The van der Waals surface area contributed by atoms with Crippen LogP contribution in [0, 0.1) is 17.3 Å². The van der Waals surface area contributed by atoms with Gasteiger partial charge in [0.15, 0.2) is 0 Å². The molecule has 2 fully saturated rings. The molecule has 0 radical (unpaired) electrons. The molecule has 0 aromatic carbocycles. The first-order valence-electron chi connectivity index (χ1n) is 9.16. The molecule has 24 heavy (non-hydrogen) atoms. The number of piperidine rings is 2. The highest BCUT2D eigenvalue weighted by molar-refractivity contribution is 5.79. The van der Waals surface area contributed by atoms with E-state index >= 15 is 0 Å². The van der Waals surface area contributed by atoms with E-state index in [0.717, 1.165) is 25.9 Å². The summed E-state index contributed by atoms with van der Waals surface area (Å²) in [6.07, 6.45) is 0.201. The second-order valence-electron chi connectivity index (χ2n) is 8.40. The third-order valence-electron chi connectivity index (χ3n) is 5.52. The SMILES string of the molecule is CC(C)CC1(C)CCN(C(=O)C2CCN(CC(F)(F)F)CC2)CC1. The fraction of sp³-hybridized carbons (Fsp3) is 0.944. The van der Waals surface area contributed by atoms with Crippen molar-refractivity contribution in [2.45, 2.75) is 59.1 Å². The second-order valence-corrected chi connectivity index (χ2v) is 8.40. The van der Waals surface area contributed by atoms with Crippen LogP contribution >= 0.6 is 0 Å². The van der Waals surface area contributed by atoms with Crippen molar-refractivity contribution in [3.05, 3.63) is 0 Å². The van der Waals surface area contributed by atoms with Crippen LogP contribution in [0.4, 0.5) is 13.2 Å². The summed E-state index contributed by atoms with van der Waals surface area (Å²) < 4.78 is 37.3. The highest BCUT2D eigenvalue weighted by Gasteiger charge is 2.37. The number of halogens is 3. The molecule has 2 saturated heterocycles. The molecule has 0 aromatic rings. The quantitative estimate of drug-likeness (QED) is 0.768. The molecule has 6 heteroatoms. The summed E-state index contributed by atoms with van der Waals surface area (Å²) in [4.78, 5) is 16.0. The van der Waals surface area contributed by atoms with Crippen molar-refractivity contribution in [2.75, 3.05) is 32.7 Å². The first-order chi connectivity index (χ1) is 11.1. The van der Waals surface area contributed by atoms with E-state index in [4.69, 9.17) is 0 Å². The maximum absolute atomic E-state index is 12.7. The van der Waals surface area contributed by atoms with Gasteiger partial charge in [0.05, 0.1) is 6.54 Å². The Kier molecular flexibility index (Phi) is 6.21. The number of carbonyl (C=O) groups is 1.